The minimum Gasteiger partial charge on any atom is -0.490 e. The van der Waals surface area contributed by atoms with Gasteiger partial charge in [-0.15, -0.1) is 0 Å². The van der Waals surface area contributed by atoms with E-state index in [0.29, 0.717) is 17.0 Å². The van der Waals surface area contributed by atoms with Crippen LogP contribution in [0.5, 0.6) is 5.75 Å². The number of hydrogen-bond donors (Lipinski definition) is 3. The molecule has 3 N–H and O–H groups in total. The highest BCUT2D eigenvalue weighted by molar-refractivity contribution is 6.06. The number of ether oxygens (including phenoxy) is 1. The van der Waals surface area contributed by atoms with Crippen molar-refractivity contribution in [3.63, 3.8) is 0 Å². The van der Waals surface area contributed by atoms with Crippen molar-refractivity contribution >= 4 is 17.6 Å². The molecule has 1 atom stereocenters. The van der Waals surface area contributed by atoms with Crippen LogP contribution in [0.15, 0.2) is 59.8 Å². The molecule has 0 aromatic heterocycles. The van der Waals surface area contributed by atoms with Crippen molar-refractivity contribution < 1.29 is 27.5 Å². The van der Waals surface area contributed by atoms with Crippen LogP contribution in [0.4, 0.5) is 23.7 Å². The molecule has 1 aliphatic carbocycles. The molecule has 33 heavy (non-hydrogen) atoms. The van der Waals surface area contributed by atoms with E-state index < -0.39 is 29.7 Å². The van der Waals surface area contributed by atoms with Gasteiger partial charge in [0.25, 0.3) is 5.91 Å². The minimum absolute atomic E-state index is 0.00117. The molecule has 3 amide bonds. The van der Waals surface area contributed by atoms with Gasteiger partial charge in [0.2, 0.25) is 0 Å². The van der Waals surface area contributed by atoms with Crippen LogP contribution >= 0.6 is 0 Å². The normalized spacial score (nSPS) is 19.2. The lowest BCUT2D eigenvalue weighted by atomic mass is 9.94. The highest BCUT2D eigenvalue weighted by Crippen LogP contribution is 2.36. The van der Waals surface area contributed by atoms with Gasteiger partial charge < -0.3 is 20.7 Å². The zero-order valence-electron chi connectivity index (χ0n) is 18.0. The van der Waals surface area contributed by atoms with Crippen molar-refractivity contribution in [2.24, 2.45) is 0 Å². The fourth-order valence-electron chi connectivity index (χ4n) is 4.21. The van der Waals surface area contributed by atoms with Gasteiger partial charge in [0.05, 0.1) is 23.3 Å². The van der Waals surface area contributed by atoms with Gasteiger partial charge in [0.1, 0.15) is 5.75 Å². The van der Waals surface area contributed by atoms with E-state index in [1.165, 1.54) is 12.1 Å². The summed E-state index contributed by atoms with van der Waals surface area (Å²) >= 11 is 0. The van der Waals surface area contributed by atoms with Crippen molar-refractivity contribution in [3.05, 3.63) is 70.9 Å². The number of anilines is 1. The number of para-hydroxylation sites is 1. The van der Waals surface area contributed by atoms with Gasteiger partial charge >= 0.3 is 12.2 Å². The van der Waals surface area contributed by atoms with Gasteiger partial charge in [-0.1, -0.05) is 24.3 Å². The topological polar surface area (TPSA) is 79.5 Å². The quantitative estimate of drug-likeness (QED) is 0.568. The fraction of sp³-hybridized carbons (Fsp3) is 0.333. The van der Waals surface area contributed by atoms with Crippen LogP contribution in [-0.2, 0) is 11.0 Å². The Morgan fingerprint density at radius 1 is 1.09 bits per heavy atom. The Morgan fingerprint density at radius 3 is 2.55 bits per heavy atom. The van der Waals surface area contributed by atoms with Gasteiger partial charge in [0, 0.05) is 16.9 Å². The largest absolute Gasteiger partial charge is 0.490 e. The first-order chi connectivity index (χ1) is 15.7. The van der Waals surface area contributed by atoms with Gasteiger partial charge in [-0.3, -0.25) is 4.79 Å². The highest BCUT2D eigenvalue weighted by atomic mass is 19.4. The Balaban J connectivity index is 1.65. The van der Waals surface area contributed by atoms with Crippen LogP contribution < -0.4 is 20.7 Å². The molecule has 2 aliphatic rings. The predicted molar refractivity (Wildman–Crippen MR) is 117 cm³/mol. The molecule has 6 nitrogen and oxygen atoms in total. The number of rotatable bonds is 5. The second kappa shape index (κ2) is 9.17. The molecule has 1 heterocycles. The molecular weight excluding hydrogens is 435 g/mol. The number of halogens is 3. The lowest BCUT2D eigenvalue weighted by molar-refractivity contribution is -0.137. The zero-order chi connectivity index (χ0) is 23.6. The van der Waals surface area contributed by atoms with E-state index in [0.717, 1.165) is 37.8 Å². The SMILES string of the molecule is CC1=C(C(=O)Nc2cccc(C(F)(F)F)c2)[C@H](c2ccccc2OC2CCCC2)NC(=O)N1. The second-order valence-corrected chi connectivity index (χ2v) is 8.16. The standard InChI is InChI=1S/C24H24F3N3O3/c1-14-20(22(31)29-16-8-6-7-15(13-16)24(25,26)27)21(30-23(32)28-14)18-11-4-5-12-19(18)33-17-9-2-3-10-17/h4-8,11-13,17,21H,2-3,9-10H2,1H3,(H,29,31)(H2,28,30,32)/t21-/m0/s1. The Labute approximate surface area is 189 Å². The third-order valence-electron chi connectivity index (χ3n) is 5.79. The molecule has 0 radical (unpaired) electrons. The molecule has 1 saturated carbocycles. The maximum atomic E-state index is 13.2. The Kier molecular flexibility index (Phi) is 6.31. The van der Waals surface area contributed by atoms with Crippen LogP contribution in [-0.4, -0.2) is 18.0 Å². The third kappa shape index (κ3) is 5.13. The summed E-state index contributed by atoms with van der Waals surface area (Å²) < 4.78 is 45.4. The van der Waals surface area contributed by atoms with E-state index in [4.69, 9.17) is 4.74 Å². The highest BCUT2D eigenvalue weighted by Gasteiger charge is 2.34. The van der Waals surface area contributed by atoms with E-state index in [1.807, 2.05) is 6.07 Å². The monoisotopic (exact) mass is 459 g/mol. The lowest BCUT2D eigenvalue weighted by Gasteiger charge is -2.30. The van der Waals surface area contributed by atoms with Gasteiger partial charge in [-0.25, -0.2) is 4.79 Å². The molecular formula is C24H24F3N3O3. The van der Waals surface area contributed by atoms with Crippen molar-refractivity contribution in [2.75, 3.05) is 5.32 Å². The minimum atomic E-state index is -4.53. The average Bonchev–Trinajstić information content (AvgIpc) is 3.26. The van der Waals surface area contributed by atoms with Crippen molar-refractivity contribution in [1.29, 1.82) is 0 Å². The van der Waals surface area contributed by atoms with Crippen molar-refractivity contribution in [1.82, 2.24) is 10.6 Å². The van der Waals surface area contributed by atoms with Gasteiger partial charge in [-0.05, 0) is 56.9 Å². The molecule has 9 heteroatoms. The summed E-state index contributed by atoms with van der Waals surface area (Å²) in [4.78, 5) is 25.4. The Hall–Kier alpha value is -3.49. The molecule has 4 rings (SSSR count). The van der Waals surface area contributed by atoms with Gasteiger partial charge in [-0.2, -0.15) is 13.2 Å². The van der Waals surface area contributed by atoms with Crippen LogP contribution in [0.2, 0.25) is 0 Å². The lowest BCUT2D eigenvalue weighted by Crippen LogP contribution is -2.46. The molecule has 0 spiro atoms. The maximum absolute atomic E-state index is 13.2. The van der Waals surface area contributed by atoms with E-state index in [-0.39, 0.29) is 17.4 Å². The predicted octanol–water partition coefficient (Wildman–Crippen LogP) is 5.29. The summed E-state index contributed by atoms with van der Waals surface area (Å²) in [5.41, 5.74) is 0.236. The molecule has 1 fully saturated rings. The first-order valence-electron chi connectivity index (χ1n) is 10.7. The number of benzene rings is 2. The third-order valence-corrected chi connectivity index (χ3v) is 5.79. The summed E-state index contributed by atoms with van der Waals surface area (Å²) in [6.07, 6.45) is -0.428. The van der Waals surface area contributed by atoms with Gasteiger partial charge in [0.15, 0.2) is 0 Å². The van der Waals surface area contributed by atoms with E-state index in [9.17, 15) is 22.8 Å². The molecule has 0 unspecified atom stereocenters. The van der Waals surface area contributed by atoms with Crippen LogP contribution in [0.25, 0.3) is 0 Å². The number of carbonyl (C=O) groups excluding carboxylic acids is 2. The molecule has 2 aromatic carbocycles. The van der Waals surface area contributed by atoms with E-state index in [2.05, 4.69) is 16.0 Å². The summed E-state index contributed by atoms with van der Waals surface area (Å²) in [5, 5.41) is 7.86. The summed E-state index contributed by atoms with van der Waals surface area (Å²) in [6, 6.07) is 10.2. The molecule has 0 saturated heterocycles. The number of amides is 3. The van der Waals surface area contributed by atoms with Crippen LogP contribution in [0.1, 0.15) is 49.8 Å². The second-order valence-electron chi connectivity index (χ2n) is 8.16. The van der Waals surface area contributed by atoms with Crippen molar-refractivity contribution in [2.45, 2.75) is 50.9 Å². The van der Waals surface area contributed by atoms with Crippen LogP contribution in [0.3, 0.4) is 0 Å². The maximum Gasteiger partial charge on any atom is 0.416 e. The fourth-order valence-corrected chi connectivity index (χ4v) is 4.21. The average molecular weight is 459 g/mol. The summed E-state index contributed by atoms with van der Waals surface area (Å²) in [5.74, 6) is -0.0613. The molecule has 2 aromatic rings. The zero-order valence-corrected chi connectivity index (χ0v) is 18.0. The molecule has 174 valence electrons. The number of hydrogen-bond acceptors (Lipinski definition) is 3. The first-order valence-corrected chi connectivity index (χ1v) is 10.7. The van der Waals surface area contributed by atoms with E-state index in [1.54, 1.807) is 25.1 Å². The number of nitrogens with one attached hydrogen (secondary N) is 3. The summed E-state index contributed by atoms with van der Waals surface area (Å²) in [6.45, 7) is 1.58. The number of urea groups is 1. The first kappa shape index (κ1) is 22.7. The number of alkyl halides is 3. The number of carbonyl (C=O) groups is 2. The number of allylic oxidation sites excluding steroid dienone is 1. The van der Waals surface area contributed by atoms with E-state index >= 15 is 0 Å². The van der Waals surface area contributed by atoms with Crippen LogP contribution in [0, 0.1) is 0 Å². The Bertz CT molecular complexity index is 1090. The molecule has 1 aliphatic heterocycles. The Morgan fingerprint density at radius 2 is 1.82 bits per heavy atom. The molecule has 0 bridgehead atoms. The van der Waals surface area contributed by atoms with Crippen molar-refractivity contribution in [3.8, 4) is 5.75 Å². The summed E-state index contributed by atoms with van der Waals surface area (Å²) in [7, 11) is 0. The smallest absolute Gasteiger partial charge is 0.416 e.